The molecule has 1 aromatic rings. The monoisotopic (exact) mass is 262 g/mol. The summed E-state index contributed by atoms with van der Waals surface area (Å²) >= 11 is 0. The van der Waals surface area contributed by atoms with Crippen LogP contribution in [0, 0.1) is 0 Å². The zero-order valence-electron chi connectivity index (χ0n) is 10.9. The lowest BCUT2D eigenvalue weighted by Crippen LogP contribution is -2.44. The minimum atomic E-state index is -0.424. The number of benzene rings is 1. The summed E-state index contributed by atoms with van der Waals surface area (Å²) in [6.45, 7) is 1.95. The molecule has 5 heteroatoms. The Bertz CT molecular complexity index is 449. The second kappa shape index (κ2) is 6.22. The average Bonchev–Trinajstić information content (AvgIpc) is 2.78. The van der Waals surface area contributed by atoms with Crippen molar-refractivity contribution >= 4 is 12.0 Å². The Morgan fingerprint density at radius 2 is 1.89 bits per heavy atom. The van der Waals surface area contributed by atoms with Gasteiger partial charge < -0.3 is 15.4 Å². The van der Waals surface area contributed by atoms with Gasteiger partial charge in [-0.05, 0) is 30.9 Å². The van der Waals surface area contributed by atoms with Crippen LogP contribution in [-0.4, -0.2) is 31.2 Å². The molecule has 0 spiro atoms. The van der Waals surface area contributed by atoms with Crippen molar-refractivity contribution in [3.63, 3.8) is 0 Å². The fourth-order valence-corrected chi connectivity index (χ4v) is 2.26. The van der Waals surface area contributed by atoms with Gasteiger partial charge in [0, 0.05) is 6.04 Å². The number of carbonyl (C=O) groups is 2. The van der Waals surface area contributed by atoms with Crippen LogP contribution in [0.1, 0.15) is 18.1 Å². The summed E-state index contributed by atoms with van der Waals surface area (Å²) < 4.78 is 4.73. The fraction of sp³-hybridized carbons (Fsp3) is 0.429. The molecule has 2 rings (SSSR count). The summed E-state index contributed by atoms with van der Waals surface area (Å²) in [7, 11) is 0. The molecule has 0 saturated carbocycles. The Hall–Kier alpha value is -2.04. The van der Waals surface area contributed by atoms with Crippen LogP contribution in [0.15, 0.2) is 24.3 Å². The van der Waals surface area contributed by atoms with E-state index in [9.17, 15) is 9.59 Å². The number of carbonyl (C=O) groups excluding carboxylic acids is 2. The summed E-state index contributed by atoms with van der Waals surface area (Å²) in [6.07, 6.45) is 1.67. The Morgan fingerprint density at radius 3 is 2.47 bits per heavy atom. The summed E-state index contributed by atoms with van der Waals surface area (Å²) in [6, 6.07) is 7.93. The molecule has 1 aliphatic rings. The Morgan fingerprint density at radius 1 is 1.26 bits per heavy atom. The highest BCUT2D eigenvalue weighted by atomic mass is 16.5. The predicted molar refractivity (Wildman–Crippen MR) is 70.8 cm³/mol. The van der Waals surface area contributed by atoms with Crippen LogP contribution in [0.2, 0.25) is 0 Å². The van der Waals surface area contributed by atoms with E-state index in [1.807, 2.05) is 12.1 Å². The first kappa shape index (κ1) is 13.4. The van der Waals surface area contributed by atoms with Gasteiger partial charge in [-0.25, -0.2) is 4.79 Å². The number of hydrogen-bond donors (Lipinski definition) is 2. The summed E-state index contributed by atoms with van der Waals surface area (Å²) in [4.78, 5) is 22.7. The van der Waals surface area contributed by atoms with Crippen molar-refractivity contribution in [1.29, 1.82) is 0 Å². The van der Waals surface area contributed by atoms with Gasteiger partial charge in [0.15, 0.2) is 0 Å². The van der Waals surface area contributed by atoms with E-state index in [-0.39, 0.29) is 18.6 Å². The van der Waals surface area contributed by atoms with Crippen LogP contribution >= 0.6 is 0 Å². The first-order chi connectivity index (χ1) is 9.19. The van der Waals surface area contributed by atoms with Crippen molar-refractivity contribution in [3.05, 3.63) is 35.4 Å². The lowest BCUT2D eigenvalue weighted by atomic mass is 10.1. The minimum absolute atomic E-state index is 0.0968. The van der Waals surface area contributed by atoms with Gasteiger partial charge in [-0.1, -0.05) is 24.3 Å². The van der Waals surface area contributed by atoms with E-state index in [1.165, 1.54) is 11.1 Å². The van der Waals surface area contributed by atoms with Crippen molar-refractivity contribution in [2.24, 2.45) is 0 Å². The largest absolute Gasteiger partial charge is 0.465 e. The molecular weight excluding hydrogens is 244 g/mol. The molecule has 0 aliphatic heterocycles. The summed E-state index contributed by atoms with van der Waals surface area (Å²) in [5.74, 6) is -0.424. The molecule has 0 fully saturated rings. The minimum Gasteiger partial charge on any atom is -0.465 e. The van der Waals surface area contributed by atoms with E-state index in [1.54, 1.807) is 6.92 Å². The van der Waals surface area contributed by atoms with Crippen LogP contribution in [0.3, 0.4) is 0 Å². The Labute approximate surface area is 112 Å². The maximum atomic E-state index is 11.6. The Kier molecular flexibility index (Phi) is 4.39. The highest BCUT2D eigenvalue weighted by molar-refractivity contribution is 5.81. The van der Waals surface area contributed by atoms with Crippen LogP contribution in [0.25, 0.3) is 0 Å². The standard InChI is InChI=1S/C14H18N2O3/c1-2-19-13(17)9-15-14(18)16-12-7-10-5-3-4-6-11(10)8-12/h3-6,12H,2,7-9H2,1H3,(H2,15,16,18). The third kappa shape index (κ3) is 3.71. The van der Waals surface area contributed by atoms with Gasteiger partial charge in [-0.3, -0.25) is 4.79 Å². The maximum absolute atomic E-state index is 11.6. The highest BCUT2D eigenvalue weighted by Crippen LogP contribution is 2.21. The number of rotatable bonds is 4. The Balaban J connectivity index is 1.75. The van der Waals surface area contributed by atoms with Gasteiger partial charge in [0.1, 0.15) is 6.54 Å². The van der Waals surface area contributed by atoms with Crippen LogP contribution in [-0.2, 0) is 22.4 Å². The number of nitrogens with one attached hydrogen (secondary N) is 2. The van der Waals surface area contributed by atoms with Crippen molar-refractivity contribution in [2.45, 2.75) is 25.8 Å². The number of hydrogen-bond acceptors (Lipinski definition) is 3. The lowest BCUT2D eigenvalue weighted by molar-refractivity contribution is -0.141. The fourth-order valence-electron chi connectivity index (χ4n) is 2.26. The zero-order chi connectivity index (χ0) is 13.7. The first-order valence-electron chi connectivity index (χ1n) is 6.45. The third-order valence-corrected chi connectivity index (χ3v) is 3.08. The second-order valence-corrected chi connectivity index (χ2v) is 4.51. The van der Waals surface area contributed by atoms with Crippen LogP contribution in [0.5, 0.6) is 0 Å². The third-order valence-electron chi connectivity index (χ3n) is 3.08. The molecule has 1 aliphatic carbocycles. The molecule has 0 heterocycles. The van der Waals surface area contributed by atoms with Crippen LogP contribution < -0.4 is 10.6 Å². The second-order valence-electron chi connectivity index (χ2n) is 4.51. The molecule has 0 atom stereocenters. The lowest BCUT2D eigenvalue weighted by Gasteiger charge is -2.12. The quantitative estimate of drug-likeness (QED) is 0.796. The molecule has 0 aromatic heterocycles. The first-order valence-corrected chi connectivity index (χ1v) is 6.45. The smallest absolute Gasteiger partial charge is 0.325 e. The maximum Gasteiger partial charge on any atom is 0.325 e. The highest BCUT2D eigenvalue weighted by Gasteiger charge is 2.22. The number of fused-ring (bicyclic) bond motifs is 1. The number of ether oxygens (including phenoxy) is 1. The van der Waals surface area contributed by atoms with Crippen molar-refractivity contribution < 1.29 is 14.3 Å². The van der Waals surface area contributed by atoms with Crippen LogP contribution in [0.4, 0.5) is 4.79 Å². The topological polar surface area (TPSA) is 67.4 Å². The van der Waals surface area contributed by atoms with Gasteiger partial charge in [0.2, 0.25) is 0 Å². The molecule has 0 bridgehead atoms. The van der Waals surface area contributed by atoms with Crippen molar-refractivity contribution in [2.75, 3.05) is 13.2 Å². The predicted octanol–water partition coefficient (Wildman–Crippen LogP) is 1.02. The summed E-state index contributed by atoms with van der Waals surface area (Å²) in [5.41, 5.74) is 2.55. The zero-order valence-corrected chi connectivity index (χ0v) is 10.9. The number of esters is 1. The van der Waals surface area contributed by atoms with E-state index in [0.717, 1.165) is 12.8 Å². The number of amides is 2. The normalized spacial score (nSPS) is 13.7. The van der Waals surface area contributed by atoms with Gasteiger partial charge in [0.05, 0.1) is 6.61 Å². The molecule has 0 unspecified atom stereocenters. The van der Waals surface area contributed by atoms with E-state index in [2.05, 4.69) is 22.8 Å². The van der Waals surface area contributed by atoms with E-state index < -0.39 is 5.97 Å². The molecule has 102 valence electrons. The van der Waals surface area contributed by atoms with E-state index in [4.69, 9.17) is 4.74 Å². The molecule has 0 radical (unpaired) electrons. The number of urea groups is 1. The molecule has 5 nitrogen and oxygen atoms in total. The molecule has 1 aromatic carbocycles. The van der Waals surface area contributed by atoms with Gasteiger partial charge >= 0.3 is 12.0 Å². The molecule has 2 N–H and O–H groups in total. The van der Waals surface area contributed by atoms with Gasteiger partial charge in [-0.15, -0.1) is 0 Å². The molecular formula is C14H18N2O3. The SMILES string of the molecule is CCOC(=O)CNC(=O)NC1Cc2ccccc2C1. The van der Waals surface area contributed by atoms with Gasteiger partial charge in [0.25, 0.3) is 0 Å². The average molecular weight is 262 g/mol. The van der Waals surface area contributed by atoms with Crippen molar-refractivity contribution in [1.82, 2.24) is 10.6 Å². The van der Waals surface area contributed by atoms with Gasteiger partial charge in [-0.2, -0.15) is 0 Å². The molecule has 0 saturated heterocycles. The van der Waals surface area contributed by atoms with E-state index >= 15 is 0 Å². The molecule has 19 heavy (non-hydrogen) atoms. The van der Waals surface area contributed by atoms with E-state index in [0.29, 0.717) is 6.61 Å². The summed E-state index contributed by atoms with van der Waals surface area (Å²) in [5, 5.41) is 5.36. The molecule has 2 amide bonds. The van der Waals surface area contributed by atoms with Crippen molar-refractivity contribution in [3.8, 4) is 0 Å².